The predicted octanol–water partition coefficient (Wildman–Crippen LogP) is 4.41. The molecule has 28 heavy (non-hydrogen) atoms. The highest BCUT2D eigenvalue weighted by Gasteiger charge is 2.78. The van der Waals surface area contributed by atoms with Crippen molar-refractivity contribution in [2.24, 2.45) is 11.8 Å². The summed E-state index contributed by atoms with van der Waals surface area (Å²) >= 11 is 0. The Morgan fingerprint density at radius 3 is 1.68 bits per heavy atom. The average molecular weight is 367 g/mol. The molecule has 0 N–H and O–H groups in total. The first kappa shape index (κ1) is 16.9. The van der Waals surface area contributed by atoms with E-state index in [2.05, 4.69) is 0 Å². The molecule has 2 atom stereocenters. The molecule has 1 saturated heterocycles. The van der Waals surface area contributed by atoms with Crippen LogP contribution in [0.15, 0.2) is 78.9 Å². The lowest BCUT2D eigenvalue weighted by Gasteiger charge is -2.27. The first-order valence-electron chi connectivity index (χ1n) is 9.63. The van der Waals surface area contributed by atoms with Crippen molar-refractivity contribution < 1.29 is 9.59 Å². The van der Waals surface area contributed by atoms with Crippen molar-refractivity contribution in [3.63, 3.8) is 0 Å². The van der Waals surface area contributed by atoms with Crippen molar-refractivity contribution in [1.29, 1.82) is 0 Å². The molecule has 3 heteroatoms. The molecule has 5 rings (SSSR count). The maximum absolute atomic E-state index is 13.5. The van der Waals surface area contributed by atoms with Crippen molar-refractivity contribution in [1.82, 2.24) is 0 Å². The van der Waals surface area contributed by atoms with Gasteiger partial charge in [-0.15, -0.1) is 0 Å². The number of anilines is 1. The fourth-order valence-corrected chi connectivity index (χ4v) is 5.06. The SMILES string of the molecule is Cc1ccc(N2C(=O)[C@@H]3[C@@H](C2=O)C3(c2ccccc2)c2ccccc2)c(C)c1. The highest BCUT2D eigenvalue weighted by atomic mass is 16.2. The van der Waals surface area contributed by atoms with Gasteiger partial charge in [0.15, 0.2) is 0 Å². The van der Waals surface area contributed by atoms with Crippen LogP contribution in [0.25, 0.3) is 0 Å². The first-order valence-corrected chi connectivity index (χ1v) is 9.63. The van der Waals surface area contributed by atoms with E-state index in [9.17, 15) is 9.59 Å². The van der Waals surface area contributed by atoms with Crippen LogP contribution in [0, 0.1) is 25.7 Å². The summed E-state index contributed by atoms with van der Waals surface area (Å²) in [5, 5.41) is 0. The van der Waals surface area contributed by atoms with Gasteiger partial charge < -0.3 is 0 Å². The fourth-order valence-electron chi connectivity index (χ4n) is 5.06. The van der Waals surface area contributed by atoms with Gasteiger partial charge in [0.2, 0.25) is 11.8 Å². The molecule has 2 fully saturated rings. The molecule has 0 spiro atoms. The molecule has 1 aliphatic carbocycles. The summed E-state index contributed by atoms with van der Waals surface area (Å²) in [5.74, 6) is -0.861. The Balaban J connectivity index is 1.62. The van der Waals surface area contributed by atoms with Crippen LogP contribution in [0.3, 0.4) is 0 Å². The van der Waals surface area contributed by atoms with Crippen molar-refractivity contribution >= 4 is 17.5 Å². The van der Waals surface area contributed by atoms with Gasteiger partial charge in [-0.05, 0) is 36.6 Å². The van der Waals surface area contributed by atoms with E-state index in [4.69, 9.17) is 0 Å². The summed E-state index contributed by atoms with van der Waals surface area (Å²) < 4.78 is 0. The standard InChI is InChI=1S/C25H21NO2/c1-16-13-14-20(17(2)15-16)26-23(27)21-22(24(26)28)25(21,18-9-5-3-6-10-18)19-11-7-4-8-12-19/h3-15,21-22H,1-2H3/t21-,22-/m0/s1. The van der Waals surface area contributed by atoms with Crippen LogP contribution in [0.5, 0.6) is 0 Å². The second kappa shape index (κ2) is 5.90. The number of carbonyl (C=O) groups excluding carboxylic acids is 2. The third-order valence-electron chi connectivity index (χ3n) is 6.27. The van der Waals surface area contributed by atoms with Gasteiger partial charge in [-0.25, -0.2) is 4.90 Å². The van der Waals surface area contributed by atoms with E-state index in [1.807, 2.05) is 92.7 Å². The Morgan fingerprint density at radius 2 is 1.21 bits per heavy atom. The monoisotopic (exact) mass is 367 g/mol. The van der Waals surface area contributed by atoms with E-state index >= 15 is 0 Å². The Bertz CT molecular complexity index is 1020. The van der Waals surface area contributed by atoms with Crippen molar-refractivity contribution in [3.05, 3.63) is 101 Å². The van der Waals surface area contributed by atoms with Crippen LogP contribution in [0.4, 0.5) is 5.69 Å². The summed E-state index contributed by atoms with van der Waals surface area (Å²) in [5.41, 5.74) is 4.31. The molecule has 1 saturated carbocycles. The van der Waals surface area contributed by atoms with Crippen LogP contribution in [-0.4, -0.2) is 11.8 Å². The zero-order valence-electron chi connectivity index (χ0n) is 15.9. The number of nitrogens with zero attached hydrogens (tertiary/aromatic N) is 1. The average Bonchev–Trinajstić information content (AvgIpc) is 3.35. The molecule has 2 amide bonds. The van der Waals surface area contributed by atoms with Crippen molar-refractivity contribution in [3.8, 4) is 0 Å². The molecule has 2 aliphatic rings. The number of fused-ring (bicyclic) bond motifs is 1. The summed E-state index contributed by atoms with van der Waals surface area (Å²) in [6, 6.07) is 25.8. The second-order valence-electron chi connectivity index (χ2n) is 7.86. The van der Waals surface area contributed by atoms with Crippen LogP contribution in [0.1, 0.15) is 22.3 Å². The molecule has 0 radical (unpaired) electrons. The highest BCUT2D eigenvalue weighted by Crippen LogP contribution is 2.68. The smallest absolute Gasteiger partial charge is 0.239 e. The van der Waals surface area contributed by atoms with Crippen LogP contribution >= 0.6 is 0 Å². The summed E-state index contributed by atoms with van der Waals surface area (Å²) in [6.45, 7) is 3.96. The minimum absolute atomic E-state index is 0.0883. The van der Waals surface area contributed by atoms with Crippen molar-refractivity contribution in [2.45, 2.75) is 19.3 Å². The minimum atomic E-state index is -0.550. The quantitative estimate of drug-likeness (QED) is 0.643. The number of imide groups is 1. The molecule has 3 aromatic rings. The lowest BCUT2D eigenvalue weighted by molar-refractivity contribution is -0.124. The molecule has 1 aliphatic heterocycles. The maximum Gasteiger partial charge on any atom is 0.239 e. The molecule has 3 aromatic carbocycles. The second-order valence-corrected chi connectivity index (χ2v) is 7.86. The number of piperidine rings is 1. The molecule has 0 unspecified atom stereocenters. The molecule has 138 valence electrons. The number of hydrogen-bond donors (Lipinski definition) is 0. The lowest BCUT2D eigenvalue weighted by atomic mass is 9.82. The molecule has 0 bridgehead atoms. The van der Waals surface area contributed by atoms with Gasteiger partial charge in [-0.2, -0.15) is 0 Å². The summed E-state index contributed by atoms with van der Waals surface area (Å²) in [4.78, 5) is 28.3. The maximum atomic E-state index is 13.5. The lowest BCUT2D eigenvalue weighted by Crippen LogP contribution is -2.39. The molecule has 0 aromatic heterocycles. The predicted molar refractivity (Wildman–Crippen MR) is 109 cm³/mol. The summed E-state index contributed by atoms with van der Waals surface area (Å²) in [6.07, 6.45) is 0. The van der Waals surface area contributed by atoms with Gasteiger partial charge in [-0.1, -0.05) is 78.4 Å². The zero-order valence-corrected chi connectivity index (χ0v) is 15.9. The van der Waals surface area contributed by atoms with E-state index in [0.717, 1.165) is 22.3 Å². The van der Waals surface area contributed by atoms with E-state index in [1.54, 1.807) is 0 Å². The normalized spacial score (nSPS) is 22.3. The van der Waals surface area contributed by atoms with Gasteiger partial charge in [0.25, 0.3) is 0 Å². The largest absolute Gasteiger partial charge is 0.274 e. The van der Waals surface area contributed by atoms with E-state index in [-0.39, 0.29) is 23.7 Å². The summed E-state index contributed by atoms with van der Waals surface area (Å²) in [7, 11) is 0. The van der Waals surface area contributed by atoms with Gasteiger partial charge in [0.1, 0.15) is 0 Å². The minimum Gasteiger partial charge on any atom is -0.274 e. The Labute approximate surface area is 164 Å². The Hall–Kier alpha value is -3.20. The number of carbonyl (C=O) groups is 2. The number of rotatable bonds is 3. The van der Waals surface area contributed by atoms with Crippen molar-refractivity contribution in [2.75, 3.05) is 4.90 Å². The van der Waals surface area contributed by atoms with E-state index in [1.165, 1.54) is 4.90 Å². The van der Waals surface area contributed by atoms with E-state index in [0.29, 0.717) is 5.69 Å². The third-order valence-corrected chi connectivity index (χ3v) is 6.27. The number of aryl methyl sites for hydroxylation is 2. The number of benzene rings is 3. The molecular weight excluding hydrogens is 346 g/mol. The van der Waals surface area contributed by atoms with E-state index < -0.39 is 5.41 Å². The van der Waals surface area contributed by atoms with Gasteiger partial charge >= 0.3 is 0 Å². The Morgan fingerprint density at radius 1 is 0.714 bits per heavy atom. The number of hydrogen-bond acceptors (Lipinski definition) is 2. The van der Waals surface area contributed by atoms with Crippen LogP contribution < -0.4 is 4.90 Å². The molecule has 3 nitrogen and oxygen atoms in total. The number of amides is 2. The first-order chi connectivity index (χ1) is 13.6. The van der Waals surface area contributed by atoms with Gasteiger partial charge in [0.05, 0.1) is 17.5 Å². The topological polar surface area (TPSA) is 37.4 Å². The molecule has 1 heterocycles. The third kappa shape index (κ3) is 2.10. The Kier molecular flexibility index (Phi) is 3.57. The van der Waals surface area contributed by atoms with Crippen LogP contribution in [0.2, 0.25) is 0 Å². The van der Waals surface area contributed by atoms with Gasteiger partial charge in [-0.3, -0.25) is 9.59 Å². The highest BCUT2D eigenvalue weighted by molar-refractivity contribution is 6.27. The van der Waals surface area contributed by atoms with Gasteiger partial charge in [0, 0.05) is 5.41 Å². The van der Waals surface area contributed by atoms with Crippen LogP contribution in [-0.2, 0) is 15.0 Å². The zero-order chi connectivity index (χ0) is 19.5. The molecular formula is C25H21NO2. The fraction of sp³-hybridized carbons (Fsp3) is 0.200.